The van der Waals surface area contributed by atoms with Crippen LogP contribution in [0.1, 0.15) is 32.8 Å². The van der Waals surface area contributed by atoms with Gasteiger partial charge < -0.3 is 15.0 Å². The molecular weight excluding hydrogens is 441 g/mol. The van der Waals surface area contributed by atoms with E-state index in [9.17, 15) is 0 Å². The van der Waals surface area contributed by atoms with Gasteiger partial charge in [-0.05, 0) is 17.9 Å². The molecule has 1 aromatic rings. The van der Waals surface area contributed by atoms with E-state index in [-0.39, 0.29) is 24.0 Å². The molecule has 1 aliphatic heterocycles. The first kappa shape index (κ1) is 23.0. The first-order chi connectivity index (χ1) is 12.1. The summed E-state index contributed by atoms with van der Waals surface area (Å²) in [7, 11) is 1.85. The predicted molar refractivity (Wildman–Crippen MR) is 118 cm³/mol. The van der Waals surface area contributed by atoms with Gasteiger partial charge in [-0.3, -0.25) is 9.89 Å². The van der Waals surface area contributed by atoms with Gasteiger partial charge in [0, 0.05) is 58.6 Å². The van der Waals surface area contributed by atoms with Gasteiger partial charge in [0.2, 0.25) is 5.88 Å². The summed E-state index contributed by atoms with van der Waals surface area (Å²) in [5.74, 6) is 2.38. The van der Waals surface area contributed by atoms with Crippen LogP contribution in [0.25, 0.3) is 0 Å². The number of piperazine rings is 1. The highest BCUT2D eigenvalue weighted by atomic mass is 127. The molecule has 0 unspecified atom stereocenters. The smallest absolute Gasteiger partial charge is 0.213 e. The van der Waals surface area contributed by atoms with Crippen LogP contribution in [0.2, 0.25) is 0 Å². The zero-order valence-corrected chi connectivity index (χ0v) is 18.9. The molecule has 7 heteroatoms. The van der Waals surface area contributed by atoms with Gasteiger partial charge in [-0.15, -0.1) is 24.0 Å². The highest BCUT2D eigenvalue weighted by Gasteiger charge is 2.19. The number of hydrogen-bond acceptors (Lipinski definition) is 4. The molecule has 0 atom stereocenters. The summed E-state index contributed by atoms with van der Waals surface area (Å²) >= 11 is 0. The number of halogens is 1. The Balaban J connectivity index is 0.00000338. The molecule has 1 aromatic heterocycles. The molecule has 0 aromatic carbocycles. The lowest BCUT2D eigenvalue weighted by atomic mass is 10.2. The first-order valence-electron chi connectivity index (χ1n) is 9.38. The van der Waals surface area contributed by atoms with E-state index in [4.69, 9.17) is 4.74 Å². The van der Waals surface area contributed by atoms with Crippen molar-refractivity contribution >= 4 is 29.9 Å². The summed E-state index contributed by atoms with van der Waals surface area (Å²) in [6, 6.07) is 3.99. The summed E-state index contributed by atoms with van der Waals surface area (Å²) in [5.41, 5.74) is 1.13. The zero-order valence-electron chi connectivity index (χ0n) is 16.6. The van der Waals surface area contributed by atoms with E-state index in [2.05, 4.69) is 51.9 Å². The van der Waals surface area contributed by atoms with E-state index in [1.807, 2.05) is 19.3 Å². The Morgan fingerprint density at radius 2 is 2.00 bits per heavy atom. The third-order valence-electron chi connectivity index (χ3n) is 4.21. The van der Waals surface area contributed by atoms with Crippen LogP contribution in [-0.2, 0) is 6.54 Å². The van der Waals surface area contributed by atoms with Crippen molar-refractivity contribution in [3.05, 3.63) is 23.9 Å². The highest BCUT2D eigenvalue weighted by molar-refractivity contribution is 14.0. The summed E-state index contributed by atoms with van der Waals surface area (Å²) in [5, 5.41) is 3.45. The van der Waals surface area contributed by atoms with Crippen molar-refractivity contribution in [2.24, 2.45) is 10.9 Å². The Hall–Kier alpha value is -1.09. The largest absolute Gasteiger partial charge is 0.478 e. The summed E-state index contributed by atoms with van der Waals surface area (Å²) < 4.78 is 5.52. The molecule has 1 saturated heterocycles. The van der Waals surface area contributed by atoms with Crippen LogP contribution < -0.4 is 10.1 Å². The van der Waals surface area contributed by atoms with Crippen LogP contribution in [0.4, 0.5) is 0 Å². The van der Waals surface area contributed by atoms with E-state index in [1.54, 1.807) is 0 Å². The van der Waals surface area contributed by atoms with Crippen molar-refractivity contribution in [3.63, 3.8) is 0 Å². The number of nitrogens with zero attached hydrogens (tertiary/aromatic N) is 4. The van der Waals surface area contributed by atoms with Gasteiger partial charge in [0.15, 0.2) is 5.96 Å². The van der Waals surface area contributed by atoms with Crippen molar-refractivity contribution in [2.75, 3.05) is 46.4 Å². The van der Waals surface area contributed by atoms with Gasteiger partial charge in [-0.2, -0.15) is 0 Å². The average Bonchev–Trinajstić information content (AvgIpc) is 2.62. The molecule has 0 spiro atoms. The average molecular weight is 475 g/mol. The van der Waals surface area contributed by atoms with Crippen LogP contribution in [0.3, 0.4) is 0 Å². The van der Waals surface area contributed by atoms with Crippen LogP contribution >= 0.6 is 24.0 Å². The lowest BCUT2D eigenvalue weighted by molar-refractivity contribution is 0.164. The zero-order chi connectivity index (χ0) is 18.1. The number of rotatable bonds is 7. The Morgan fingerprint density at radius 1 is 1.27 bits per heavy atom. The van der Waals surface area contributed by atoms with Crippen LogP contribution in [0.5, 0.6) is 5.88 Å². The number of pyridine rings is 1. The van der Waals surface area contributed by atoms with E-state index < -0.39 is 0 Å². The third-order valence-corrected chi connectivity index (χ3v) is 4.21. The minimum atomic E-state index is 0. The van der Waals surface area contributed by atoms with Gasteiger partial charge in [-0.1, -0.05) is 26.8 Å². The van der Waals surface area contributed by atoms with Crippen molar-refractivity contribution in [1.29, 1.82) is 0 Å². The van der Waals surface area contributed by atoms with E-state index in [1.165, 1.54) is 6.54 Å². The van der Waals surface area contributed by atoms with Gasteiger partial charge in [0.05, 0.1) is 6.61 Å². The normalized spacial score (nSPS) is 15.7. The Morgan fingerprint density at radius 3 is 2.54 bits per heavy atom. The third kappa shape index (κ3) is 7.65. The van der Waals surface area contributed by atoms with Crippen LogP contribution in [0.15, 0.2) is 23.3 Å². The molecule has 0 aliphatic carbocycles. The van der Waals surface area contributed by atoms with Gasteiger partial charge >= 0.3 is 0 Å². The van der Waals surface area contributed by atoms with Crippen LogP contribution in [-0.4, -0.2) is 67.1 Å². The molecule has 2 heterocycles. The highest BCUT2D eigenvalue weighted by Crippen LogP contribution is 2.09. The molecule has 0 amide bonds. The molecule has 1 aliphatic rings. The standard InChI is InChI=1S/C19H33N5O.HI/c1-5-12-25-18-7-6-17(13-21-18)14-22-19(20-4)24-10-8-23(9-11-24)15-16(2)3;/h6-7,13,16H,5,8-12,14-15H2,1-4H3,(H,20,22);1H. The van der Waals surface area contributed by atoms with Crippen molar-refractivity contribution in [1.82, 2.24) is 20.1 Å². The summed E-state index contributed by atoms with van der Waals surface area (Å²) in [4.78, 5) is 13.7. The second kappa shape index (κ2) is 12.3. The van der Waals surface area contributed by atoms with Crippen molar-refractivity contribution < 1.29 is 4.74 Å². The minimum absolute atomic E-state index is 0. The number of aromatic nitrogens is 1. The molecule has 0 radical (unpaired) electrons. The fourth-order valence-electron chi connectivity index (χ4n) is 2.98. The Labute approximate surface area is 175 Å². The summed E-state index contributed by atoms with van der Waals surface area (Å²) in [6.45, 7) is 13.5. The maximum Gasteiger partial charge on any atom is 0.213 e. The van der Waals surface area contributed by atoms with Gasteiger partial charge in [0.25, 0.3) is 0 Å². The maximum atomic E-state index is 5.52. The molecule has 148 valence electrons. The maximum absolute atomic E-state index is 5.52. The number of ether oxygens (including phenoxy) is 1. The lowest BCUT2D eigenvalue weighted by Gasteiger charge is -2.37. The molecular formula is C19H34IN5O. The Kier molecular flexibility index (Phi) is 10.9. The minimum Gasteiger partial charge on any atom is -0.478 e. The molecule has 0 bridgehead atoms. The molecule has 6 nitrogen and oxygen atoms in total. The quantitative estimate of drug-likeness (QED) is 0.374. The molecule has 1 fully saturated rings. The molecule has 26 heavy (non-hydrogen) atoms. The fraction of sp³-hybridized carbons (Fsp3) is 0.684. The van der Waals surface area contributed by atoms with Gasteiger partial charge in [0.1, 0.15) is 0 Å². The van der Waals surface area contributed by atoms with E-state index in [0.717, 1.165) is 56.6 Å². The topological polar surface area (TPSA) is 53.0 Å². The van der Waals surface area contributed by atoms with E-state index in [0.29, 0.717) is 12.5 Å². The molecule has 0 saturated carbocycles. The van der Waals surface area contributed by atoms with Crippen LogP contribution in [0, 0.1) is 5.92 Å². The van der Waals surface area contributed by atoms with Crippen molar-refractivity contribution in [3.8, 4) is 5.88 Å². The number of nitrogens with one attached hydrogen (secondary N) is 1. The van der Waals surface area contributed by atoms with Crippen molar-refractivity contribution in [2.45, 2.75) is 33.7 Å². The second-order valence-corrected chi connectivity index (χ2v) is 6.94. The number of aliphatic imine (C=N–C) groups is 1. The summed E-state index contributed by atoms with van der Waals surface area (Å²) in [6.07, 6.45) is 2.86. The monoisotopic (exact) mass is 475 g/mol. The first-order valence-corrected chi connectivity index (χ1v) is 9.38. The SMILES string of the molecule is CCCOc1ccc(CNC(=NC)N2CCN(CC(C)C)CC2)cn1.I. The predicted octanol–water partition coefficient (Wildman–Crippen LogP) is 2.84. The van der Waals surface area contributed by atoms with E-state index >= 15 is 0 Å². The fourth-order valence-corrected chi connectivity index (χ4v) is 2.98. The second-order valence-electron chi connectivity index (χ2n) is 6.94. The van der Waals surface area contributed by atoms with Gasteiger partial charge in [-0.25, -0.2) is 4.98 Å². The lowest BCUT2D eigenvalue weighted by Crippen LogP contribution is -2.52. The molecule has 2 rings (SSSR count). The number of hydrogen-bond donors (Lipinski definition) is 1. The number of guanidine groups is 1. The Bertz CT molecular complexity index is 527. The molecule has 1 N–H and O–H groups in total.